The summed E-state index contributed by atoms with van der Waals surface area (Å²) in [5.41, 5.74) is -0.844. The zero-order chi connectivity index (χ0) is 15.1. The van der Waals surface area contributed by atoms with Gasteiger partial charge in [0, 0.05) is 18.7 Å². The van der Waals surface area contributed by atoms with Gasteiger partial charge in [0.05, 0.1) is 13.2 Å². The molecule has 8 heteroatoms. The fourth-order valence-electron chi connectivity index (χ4n) is 2.17. The molecule has 0 saturated carbocycles. The number of rotatable bonds is 2. The van der Waals surface area contributed by atoms with E-state index in [0.29, 0.717) is 0 Å². The molecule has 0 amide bonds. The zero-order valence-electron chi connectivity index (χ0n) is 10.9. The molecule has 0 unspecified atom stereocenters. The van der Waals surface area contributed by atoms with Gasteiger partial charge in [-0.15, -0.1) is 0 Å². The predicted octanol–water partition coefficient (Wildman–Crippen LogP) is -0.755. The van der Waals surface area contributed by atoms with Crippen LogP contribution in [0.15, 0.2) is 0 Å². The van der Waals surface area contributed by atoms with Crippen molar-refractivity contribution in [2.75, 3.05) is 26.3 Å². The molecule has 0 aliphatic carbocycles. The minimum Gasteiger partial charge on any atom is -0.507 e. The van der Waals surface area contributed by atoms with Crippen LogP contribution in [-0.2, 0) is 10.6 Å². The Balaban J connectivity index is 2.56. The number of hydrogen-bond acceptors (Lipinski definition) is 8. The molecule has 1 aliphatic rings. The van der Waals surface area contributed by atoms with Gasteiger partial charge in [0.25, 0.3) is 5.91 Å². The van der Waals surface area contributed by atoms with Gasteiger partial charge in [-0.05, 0) is 6.92 Å². The Morgan fingerprint density at radius 3 is 2.00 bits per heavy atom. The van der Waals surface area contributed by atoms with Crippen molar-refractivity contribution in [1.82, 2.24) is 4.90 Å². The van der Waals surface area contributed by atoms with Gasteiger partial charge in [-0.3, -0.25) is 0 Å². The van der Waals surface area contributed by atoms with E-state index in [1.807, 2.05) is 0 Å². The first-order chi connectivity index (χ1) is 9.28. The van der Waals surface area contributed by atoms with Crippen molar-refractivity contribution in [2.24, 2.45) is 0 Å². The highest BCUT2D eigenvalue weighted by Gasteiger charge is 2.42. The number of hydrogen-bond donors (Lipinski definition) is 6. The number of phenols is 4. The monoisotopic (exact) mass is 287 g/mol. The third-order valence-corrected chi connectivity index (χ3v) is 3.42. The molecule has 8 nitrogen and oxygen atoms in total. The van der Waals surface area contributed by atoms with Gasteiger partial charge in [-0.2, -0.15) is 0 Å². The summed E-state index contributed by atoms with van der Waals surface area (Å²) >= 11 is 0. The van der Waals surface area contributed by atoms with Crippen LogP contribution in [0.3, 0.4) is 0 Å². The summed E-state index contributed by atoms with van der Waals surface area (Å²) in [7, 11) is 0. The van der Waals surface area contributed by atoms with Crippen LogP contribution in [-0.4, -0.2) is 61.8 Å². The maximum absolute atomic E-state index is 10.2. The van der Waals surface area contributed by atoms with E-state index in [1.165, 1.54) is 11.8 Å². The van der Waals surface area contributed by atoms with Gasteiger partial charge in [0.2, 0.25) is 5.75 Å². The number of nitrogens with zero attached hydrogens (tertiary/aromatic N) is 1. The summed E-state index contributed by atoms with van der Waals surface area (Å²) in [6.45, 7) is 2.10. The van der Waals surface area contributed by atoms with Crippen LogP contribution in [0.5, 0.6) is 23.0 Å². The fraction of sp³-hybridized carbons (Fsp3) is 0.500. The third-order valence-electron chi connectivity index (χ3n) is 3.42. The second-order valence-electron chi connectivity index (χ2n) is 4.63. The van der Waals surface area contributed by atoms with Crippen molar-refractivity contribution in [3.05, 3.63) is 11.1 Å². The van der Waals surface area contributed by atoms with Crippen LogP contribution < -0.4 is 0 Å². The van der Waals surface area contributed by atoms with E-state index in [1.54, 1.807) is 0 Å². The average Bonchev–Trinajstić information content (AvgIpc) is 2.44. The molecule has 112 valence electrons. The molecule has 6 N–H and O–H groups in total. The van der Waals surface area contributed by atoms with Crippen molar-refractivity contribution < 1.29 is 35.4 Å². The van der Waals surface area contributed by atoms with E-state index in [9.17, 15) is 30.6 Å². The van der Waals surface area contributed by atoms with Crippen LogP contribution in [0, 0.1) is 6.92 Å². The molecule has 0 spiro atoms. The van der Waals surface area contributed by atoms with E-state index >= 15 is 0 Å². The minimum atomic E-state index is -2.70. The first kappa shape index (κ1) is 14.7. The maximum atomic E-state index is 10.2. The van der Waals surface area contributed by atoms with E-state index < -0.39 is 34.5 Å². The fourth-order valence-corrected chi connectivity index (χ4v) is 2.17. The predicted molar refractivity (Wildman–Crippen MR) is 66.3 cm³/mol. The number of aliphatic hydroxyl groups is 2. The Labute approximate surface area is 114 Å². The van der Waals surface area contributed by atoms with Crippen LogP contribution in [0.1, 0.15) is 11.1 Å². The molecule has 1 saturated heterocycles. The molecule has 20 heavy (non-hydrogen) atoms. The molecule has 0 atom stereocenters. The molecule has 1 aromatic rings. The maximum Gasteiger partial charge on any atom is 0.261 e. The van der Waals surface area contributed by atoms with E-state index in [4.69, 9.17) is 4.74 Å². The lowest BCUT2D eigenvalue weighted by atomic mass is 10.0. The number of benzene rings is 1. The highest BCUT2D eigenvalue weighted by molar-refractivity contribution is 5.65. The highest BCUT2D eigenvalue weighted by Crippen LogP contribution is 2.50. The SMILES string of the molecule is Cc1c(O)c(O)c(O)c(C(O)(O)N2CCOCC2)c1O. The molecule has 0 radical (unpaired) electrons. The molecular weight excluding hydrogens is 270 g/mol. The van der Waals surface area contributed by atoms with Gasteiger partial charge in [0.15, 0.2) is 11.5 Å². The Morgan fingerprint density at radius 1 is 0.900 bits per heavy atom. The average molecular weight is 287 g/mol. The minimum absolute atomic E-state index is 0.159. The van der Waals surface area contributed by atoms with Crippen molar-refractivity contribution in [3.8, 4) is 23.0 Å². The van der Waals surface area contributed by atoms with Crippen molar-refractivity contribution in [2.45, 2.75) is 12.8 Å². The van der Waals surface area contributed by atoms with E-state index in [0.717, 1.165) is 0 Å². The molecule has 2 rings (SSSR count). The molecule has 1 heterocycles. The highest BCUT2D eigenvalue weighted by atomic mass is 16.5. The van der Waals surface area contributed by atoms with Gasteiger partial charge < -0.3 is 35.4 Å². The Hall–Kier alpha value is -1.74. The summed E-state index contributed by atoms with van der Waals surface area (Å²) < 4.78 is 5.08. The third kappa shape index (κ3) is 2.12. The van der Waals surface area contributed by atoms with Gasteiger partial charge in [-0.1, -0.05) is 0 Å². The first-order valence-electron chi connectivity index (χ1n) is 6.03. The number of aromatic hydroxyl groups is 4. The summed E-state index contributed by atoms with van der Waals surface area (Å²) in [5.74, 6) is -6.03. The number of morpholine rings is 1. The van der Waals surface area contributed by atoms with E-state index in [2.05, 4.69) is 0 Å². The quantitative estimate of drug-likeness (QED) is 0.237. The zero-order valence-corrected chi connectivity index (χ0v) is 10.9. The lowest BCUT2D eigenvalue weighted by molar-refractivity contribution is -0.288. The number of phenolic OH excluding ortho intramolecular Hbond substituents is 4. The molecule has 1 aromatic carbocycles. The second kappa shape index (κ2) is 4.98. The second-order valence-corrected chi connectivity index (χ2v) is 4.63. The molecule has 0 bridgehead atoms. The van der Waals surface area contributed by atoms with Crippen LogP contribution in [0.2, 0.25) is 0 Å². The lowest BCUT2D eigenvalue weighted by Crippen LogP contribution is -2.51. The van der Waals surface area contributed by atoms with Gasteiger partial charge >= 0.3 is 0 Å². The van der Waals surface area contributed by atoms with Gasteiger partial charge in [0.1, 0.15) is 11.3 Å². The summed E-state index contributed by atoms with van der Waals surface area (Å²) in [4.78, 5) is 1.17. The van der Waals surface area contributed by atoms with E-state index in [-0.39, 0.29) is 31.9 Å². The Bertz CT molecular complexity index is 494. The molecule has 0 aromatic heterocycles. The number of ether oxygens (including phenoxy) is 1. The Kier molecular flexibility index (Phi) is 3.65. The first-order valence-corrected chi connectivity index (χ1v) is 6.03. The van der Waals surface area contributed by atoms with Crippen molar-refractivity contribution >= 4 is 0 Å². The summed E-state index contributed by atoms with van der Waals surface area (Å²) in [5, 5.41) is 59.3. The Morgan fingerprint density at radius 2 is 1.45 bits per heavy atom. The summed E-state index contributed by atoms with van der Waals surface area (Å²) in [6.07, 6.45) is 0. The van der Waals surface area contributed by atoms with Crippen LogP contribution in [0.4, 0.5) is 0 Å². The lowest BCUT2D eigenvalue weighted by Gasteiger charge is -2.38. The van der Waals surface area contributed by atoms with Crippen molar-refractivity contribution in [1.29, 1.82) is 0 Å². The van der Waals surface area contributed by atoms with Crippen LogP contribution >= 0.6 is 0 Å². The topological polar surface area (TPSA) is 134 Å². The molecular formula is C12H17NO7. The smallest absolute Gasteiger partial charge is 0.261 e. The molecule has 1 aliphatic heterocycles. The largest absolute Gasteiger partial charge is 0.507 e. The molecule has 1 fully saturated rings. The van der Waals surface area contributed by atoms with Gasteiger partial charge in [-0.25, -0.2) is 4.90 Å². The standard InChI is InChI=1S/C12H17NO7/c1-6-8(14)7(10(16)11(17)9(6)15)12(18,19)13-2-4-20-5-3-13/h14-19H,2-5H2,1H3. The summed E-state index contributed by atoms with van der Waals surface area (Å²) in [6, 6.07) is 0. The normalized spacial score (nSPS) is 17.4. The van der Waals surface area contributed by atoms with Crippen molar-refractivity contribution in [3.63, 3.8) is 0 Å². The van der Waals surface area contributed by atoms with Crippen LogP contribution in [0.25, 0.3) is 0 Å².